The van der Waals surface area contributed by atoms with Crippen molar-refractivity contribution < 1.29 is 4.79 Å². The van der Waals surface area contributed by atoms with Crippen molar-refractivity contribution in [3.05, 3.63) is 5.82 Å². The highest BCUT2D eigenvalue weighted by atomic mass is 16.1. The van der Waals surface area contributed by atoms with E-state index in [0.29, 0.717) is 18.3 Å². The Balaban J connectivity index is 2.29. The van der Waals surface area contributed by atoms with E-state index in [1.165, 1.54) is 0 Å². The summed E-state index contributed by atoms with van der Waals surface area (Å²) in [5, 5.41) is 13.6. The van der Waals surface area contributed by atoms with Crippen LogP contribution in [0.5, 0.6) is 0 Å². The van der Waals surface area contributed by atoms with Crippen LogP contribution in [0.15, 0.2) is 0 Å². The molecule has 0 saturated heterocycles. The highest BCUT2D eigenvalue weighted by molar-refractivity contribution is 5.75. The van der Waals surface area contributed by atoms with Crippen LogP contribution in [0.2, 0.25) is 0 Å². The Bertz CT molecular complexity index is 296. The van der Waals surface area contributed by atoms with E-state index < -0.39 is 0 Å². The summed E-state index contributed by atoms with van der Waals surface area (Å²) in [5.74, 6) is 2.01. The lowest BCUT2D eigenvalue weighted by Gasteiger charge is -2.14. The van der Waals surface area contributed by atoms with Gasteiger partial charge >= 0.3 is 0 Å². The van der Waals surface area contributed by atoms with Crippen LogP contribution in [-0.2, 0) is 11.2 Å². The predicted molar refractivity (Wildman–Crippen MR) is 56.1 cm³/mol. The van der Waals surface area contributed by atoms with Gasteiger partial charge in [-0.3, -0.25) is 0 Å². The molecule has 0 aliphatic rings. The highest BCUT2D eigenvalue weighted by Crippen LogP contribution is 2.17. The lowest BCUT2D eigenvalue weighted by molar-refractivity contribution is -0.117. The second kappa shape index (κ2) is 5.58. The third-order valence-electron chi connectivity index (χ3n) is 2.37. The predicted octanol–water partition coefficient (Wildman–Crippen LogP) is 1.38. The number of ketones is 1. The molecule has 1 rings (SSSR count). The molecule has 0 aliphatic carbocycles. The highest BCUT2D eigenvalue weighted by Gasteiger charge is 2.12. The maximum absolute atomic E-state index is 10.9. The van der Waals surface area contributed by atoms with Crippen molar-refractivity contribution in [2.24, 2.45) is 11.8 Å². The van der Waals surface area contributed by atoms with Crippen molar-refractivity contribution in [2.45, 2.75) is 40.0 Å². The number of rotatable bonds is 6. The van der Waals surface area contributed by atoms with Crippen molar-refractivity contribution in [2.75, 3.05) is 0 Å². The van der Waals surface area contributed by atoms with Crippen LogP contribution in [0.3, 0.4) is 0 Å². The molecule has 0 amide bonds. The SMILES string of the molecule is CC(=O)CC(C)CC(C)Cc1nnn[nH]1. The Hall–Kier alpha value is -1.26. The van der Waals surface area contributed by atoms with E-state index in [0.717, 1.165) is 18.7 Å². The fourth-order valence-corrected chi connectivity index (χ4v) is 1.94. The van der Waals surface area contributed by atoms with E-state index >= 15 is 0 Å². The summed E-state index contributed by atoms with van der Waals surface area (Å²) in [6.07, 6.45) is 2.54. The first-order valence-corrected chi connectivity index (χ1v) is 5.30. The third kappa shape index (κ3) is 4.67. The quantitative estimate of drug-likeness (QED) is 0.770. The fourth-order valence-electron chi connectivity index (χ4n) is 1.94. The zero-order chi connectivity index (χ0) is 11.3. The van der Waals surface area contributed by atoms with Crippen LogP contribution >= 0.6 is 0 Å². The van der Waals surface area contributed by atoms with Crippen molar-refractivity contribution >= 4 is 5.78 Å². The second-order valence-corrected chi connectivity index (χ2v) is 4.40. The zero-order valence-corrected chi connectivity index (χ0v) is 9.53. The van der Waals surface area contributed by atoms with Gasteiger partial charge in [-0.15, -0.1) is 5.10 Å². The standard InChI is InChI=1S/C10H18N4O/c1-7(5-9(3)15)4-8(2)6-10-11-13-14-12-10/h7-8H,4-6H2,1-3H3,(H,11,12,13,14). The zero-order valence-electron chi connectivity index (χ0n) is 9.53. The number of carbonyl (C=O) groups excluding carboxylic acids is 1. The van der Waals surface area contributed by atoms with Crippen molar-refractivity contribution in [3.8, 4) is 0 Å². The molecular formula is C10H18N4O. The maximum atomic E-state index is 10.9. The van der Waals surface area contributed by atoms with Crippen molar-refractivity contribution in [1.82, 2.24) is 20.6 Å². The van der Waals surface area contributed by atoms with Crippen molar-refractivity contribution in [3.63, 3.8) is 0 Å². The maximum Gasteiger partial charge on any atom is 0.148 e. The Morgan fingerprint density at radius 2 is 2.13 bits per heavy atom. The minimum absolute atomic E-state index is 0.260. The van der Waals surface area contributed by atoms with Gasteiger partial charge in [-0.25, -0.2) is 5.10 Å². The van der Waals surface area contributed by atoms with E-state index in [4.69, 9.17) is 0 Å². The third-order valence-corrected chi connectivity index (χ3v) is 2.37. The van der Waals surface area contributed by atoms with Crippen LogP contribution in [0.1, 0.15) is 39.4 Å². The number of aromatic nitrogens is 4. The summed E-state index contributed by atoms with van der Waals surface area (Å²) in [7, 11) is 0. The van der Waals surface area contributed by atoms with Crippen LogP contribution in [0, 0.1) is 11.8 Å². The van der Waals surface area contributed by atoms with Gasteiger partial charge in [0.15, 0.2) is 0 Å². The van der Waals surface area contributed by atoms with Gasteiger partial charge in [-0.1, -0.05) is 13.8 Å². The van der Waals surface area contributed by atoms with E-state index in [1.807, 2.05) is 0 Å². The average molecular weight is 210 g/mol. The van der Waals surface area contributed by atoms with Crippen LogP contribution < -0.4 is 0 Å². The molecule has 0 saturated carbocycles. The van der Waals surface area contributed by atoms with Gasteiger partial charge in [-0.2, -0.15) is 0 Å². The Morgan fingerprint density at radius 3 is 2.67 bits per heavy atom. The smallest absolute Gasteiger partial charge is 0.148 e. The minimum atomic E-state index is 0.260. The van der Waals surface area contributed by atoms with Crippen LogP contribution in [0.4, 0.5) is 0 Å². The molecule has 0 fully saturated rings. The van der Waals surface area contributed by atoms with Gasteiger partial charge in [0, 0.05) is 12.8 Å². The first-order valence-electron chi connectivity index (χ1n) is 5.30. The molecule has 5 nitrogen and oxygen atoms in total. The summed E-state index contributed by atoms with van der Waals surface area (Å²) in [5.41, 5.74) is 0. The fraction of sp³-hybridized carbons (Fsp3) is 0.800. The molecule has 5 heteroatoms. The molecule has 0 aliphatic heterocycles. The molecule has 84 valence electrons. The van der Waals surface area contributed by atoms with Gasteiger partial charge < -0.3 is 4.79 Å². The molecule has 2 atom stereocenters. The molecule has 0 bridgehead atoms. The number of tetrazole rings is 1. The van der Waals surface area contributed by atoms with Crippen LogP contribution in [0.25, 0.3) is 0 Å². The topological polar surface area (TPSA) is 71.5 Å². The van der Waals surface area contributed by atoms with Gasteiger partial charge in [0.2, 0.25) is 0 Å². The second-order valence-electron chi connectivity index (χ2n) is 4.40. The number of nitrogens with zero attached hydrogens (tertiary/aromatic N) is 3. The lowest BCUT2D eigenvalue weighted by Crippen LogP contribution is -2.09. The molecule has 0 spiro atoms. The largest absolute Gasteiger partial charge is 0.300 e. The molecule has 2 unspecified atom stereocenters. The molecule has 1 N–H and O–H groups in total. The summed E-state index contributed by atoms with van der Waals surface area (Å²) >= 11 is 0. The van der Waals surface area contributed by atoms with Crippen molar-refractivity contribution in [1.29, 1.82) is 0 Å². The number of hydrogen-bond acceptors (Lipinski definition) is 4. The van der Waals surface area contributed by atoms with Gasteiger partial charge in [0.25, 0.3) is 0 Å². The molecule has 0 radical (unpaired) electrons. The lowest BCUT2D eigenvalue weighted by atomic mass is 9.91. The van der Waals surface area contributed by atoms with Crippen LogP contribution in [-0.4, -0.2) is 26.4 Å². The average Bonchev–Trinajstić information content (AvgIpc) is 2.53. The van der Waals surface area contributed by atoms with Gasteiger partial charge in [-0.05, 0) is 35.6 Å². The summed E-state index contributed by atoms with van der Waals surface area (Å²) < 4.78 is 0. The first kappa shape index (κ1) is 11.8. The molecule has 15 heavy (non-hydrogen) atoms. The molecular weight excluding hydrogens is 192 g/mol. The Morgan fingerprint density at radius 1 is 1.40 bits per heavy atom. The summed E-state index contributed by atoms with van der Waals surface area (Å²) in [4.78, 5) is 10.9. The number of aromatic amines is 1. The van der Waals surface area contributed by atoms with E-state index in [-0.39, 0.29) is 5.78 Å². The number of H-pyrrole nitrogens is 1. The Labute approximate surface area is 89.7 Å². The molecule has 1 heterocycles. The Kier molecular flexibility index (Phi) is 4.39. The molecule has 1 aromatic rings. The number of hydrogen-bond donors (Lipinski definition) is 1. The van der Waals surface area contributed by atoms with E-state index in [9.17, 15) is 4.79 Å². The summed E-state index contributed by atoms with van der Waals surface area (Å²) in [6, 6.07) is 0. The number of carbonyl (C=O) groups is 1. The minimum Gasteiger partial charge on any atom is -0.300 e. The van der Waals surface area contributed by atoms with Gasteiger partial charge in [0.1, 0.15) is 11.6 Å². The van der Waals surface area contributed by atoms with E-state index in [1.54, 1.807) is 6.92 Å². The normalized spacial score (nSPS) is 14.9. The number of Topliss-reactive ketones (excluding diaryl/α,β-unsaturated/α-hetero) is 1. The van der Waals surface area contributed by atoms with Gasteiger partial charge in [0.05, 0.1) is 0 Å². The first-order chi connectivity index (χ1) is 7.08. The summed E-state index contributed by atoms with van der Waals surface area (Å²) in [6.45, 7) is 5.90. The van der Waals surface area contributed by atoms with E-state index in [2.05, 4.69) is 34.5 Å². The molecule has 1 aromatic heterocycles. The molecule has 0 aromatic carbocycles. The monoisotopic (exact) mass is 210 g/mol. The number of nitrogens with one attached hydrogen (secondary N) is 1.